The van der Waals surface area contributed by atoms with Gasteiger partial charge in [0, 0.05) is 18.0 Å². The van der Waals surface area contributed by atoms with E-state index in [2.05, 4.69) is 17.1 Å². The highest BCUT2D eigenvalue weighted by Crippen LogP contribution is 2.41. The average molecular weight is 206 g/mol. The number of nitrogens with one attached hydrogen (secondary N) is 2. The molecule has 4 N–H and O–H groups in total. The third-order valence-corrected chi connectivity index (χ3v) is 2.95. The van der Waals surface area contributed by atoms with Crippen molar-refractivity contribution in [2.75, 3.05) is 0 Å². The summed E-state index contributed by atoms with van der Waals surface area (Å²) in [7, 11) is 0. The van der Waals surface area contributed by atoms with Crippen molar-refractivity contribution in [3.8, 4) is 0 Å². The van der Waals surface area contributed by atoms with Crippen LogP contribution in [-0.4, -0.2) is 16.0 Å². The maximum atomic E-state index is 7.26. The minimum absolute atomic E-state index is 0.264. The van der Waals surface area contributed by atoms with E-state index in [4.69, 9.17) is 11.1 Å². The molecule has 1 aliphatic carbocycles. The zero-order chi connectivity index (χ0) is 10.8. The van der Waals surface area contributed by atoms with Gasteiger partial charge < -0.3 is 5.73 Å². The van der Waals surface area contributed by atoms with Gasteiger partial charge in [0.15, 0.2) is 0 Å². The third kappa shape index (κ3) is 2.19. The smallest absolute Gasteiger partial charge is 0.0908 e. The molecule has 2 rings (SSSR count). The Morgan fingerprint density at radius 2 is 2.33 bits per heavy atom. The van der Waals surface area contributed by atoms with E-state index in [0.29, 0.717) is 12.3 Å². The lowest BCUT2D eigenvalue weighted by Gasteiger charge is -2.03. The van der Waals surface area contributed by atoms with E-state index >= 15 is 0 Å². The molecule has 4 nitrogen and oxygen atoms in total. The van der Waals surface area contributed by atoms with Crippen molar-refractivity contribution in [3.05, 3.63) is 17.0 Å². The number of amidine groups is 1. The number of hydrogen-bond acceptors (Lipinski definition) is 2. The second kappa shape index (κ2) is 4.04. The van der Waals surface area contributed by atoms with Crippen LogP contribution in [-0.2, 0) is 12.8 Å². The molecule has 0 bridgehead atoms. The Kier molecular flexibility index (Phi) is 2.75. The molecule has 0 aromatic carbocycles. The lowest BCUT2D eigenvalue weighted by Crippen LogP contribution is -2.11. The number of aryl methyl sites for hydroxylation is 1. The molecule has 4 heteroatoms. The molecule has 1 aromatic heterocycles. The molecule has 0 aliphatic heterocycles. The van der Waals surface area contributed by atoms with E-state index in [1.54, 1.807) is 0 Å². The summed E-state index contributed by atoms with van der Waals surface area (Å²) in [6, 6.07) is 0. The fourth-order valence-corrected chi connectivity index (χ4v) is 1.94. The van der Waals surface area contributed by atoms with Crippen molar-refractivity contribution in [2.45, 2.75) is 44.9 Å². The third-order valence-electron chi connectivity index (χ3n) is 2.95. The summed E-state index contributed by atoms with van der Waals surface area (Å²) in [5.41, 5.74) is 9.16. The Morgan fingerprint density at radius 1 is 1.60 bits per heavy atom. The van der Waals surface area contributed by atoms with Gasteiger partial charge in [-0.3, -0.25) is 10.5 Å². The first-order valence-corrected chi connectivity index (χ1v) is 5.61. The van der Waals surface area contributed by atoms with Crippen LogP contribution in [0.1, 0.15) is 49.1 Å². The standard InChI is InChI=1S/C11H18N4/c1-2-9-8(5-6-10(12)13)11(15-14-9)7-3-4-7/h7H,2-6H2,1H3,(H3,12,13)(H,14,15). The predicted octanol–water partition coefficient (Wildman–Crippen LogP) is 1.72. The molecule has 0 atom stereocenters. The molecule has 1 saturated carbocycles. The molecule has 1 aliphatic rings. The van der Waals surface area contributed by atoms with E-state index < -0.39 is 0 Å². The first-order valence-electron chi connectivity index (χ1n) is 5.61. The molecule has 0 radical (unpaired) electrons. The van der Waals surface area contributed by atoms with Gasteiger partial charge >= 0.3 is 0 Å². The summed E-state index contributed by atoms with van der Waals surface area (Å²) >= 11 is 0. The molecule has 15 heavy (non-hydrogen) atoms. The summed E-state index contributed by atoms with van der Waals surface area (Å²) in [5.74, 6) is 0.934. The molecule has 0 unspecified atom stereocenters. The van der Waals surface area contributed by atoms with Crippen molar-refractivity contribution in [1.29, 1.82) is 5.41 Å². The molecule has 1 aromatic rings. The van der Waals surface area contributed by atoms with Crippen LogP contribution >= 0.6 is 0 Å². The van der Waals surface area contributed by atoms with Crippen LogP contribution < -0.4 is 5.73 Å². The number of nitrogens with two attached hydrogens (primary N) is 1. The molecule has 82 valence electrons. The van der Waals surface area contributed by atoms with Crippen LogP contribution in [0.15, 0.2) is 0 Å². The lowest BCUT2D eigenvalue weighted by atomic mass is 10.0. The Labute approximate surface area is 89.8 Å². The van der Waals surface area contributed by atoms with Gasteiger partial charge in [0.25, 0.3) is 0 Å². The quantitative estimate of drug-likeness (QED) is 0.506. The van der Waals surface area contributed by atoms with Crippen LogP contribution in [0.25, 0.3) is 0 Å². The van der Waals surface area contributed by atoms with Crippen LogP contribution in [0, 0.1) is 5.41 Å². The largest absolute Gasteiger partial charge is 0.388 e. The average Bonchev–Trinajstić information content (AvgIpc) is 2.96. The summed E-state index contributed by atoms with van der Waals surface area (Å²) in [6.45, 7) is 2.13. The highest BCUT2D eigenvalue weighted by molar-refractivity contribution is 5.77. The molecule has 0 amide bonds. The number of aromatic nitrogens is 2. The zero-order valence-electron chi connectivity index (χ0n) is 9.14. The first kappa shape index (κ1) is 10.2. The molecule has 0 saturated heterocycles. The van der Waals surface area contributed by atoms with Gasteiger partial charge in [0.05, 0.1) is 11.5 Å². The van der Waals surface area contributed by atoms with Crippen molar-refractivity contribution < 1.29 is 0 Å². The SMILES string of the molecule is CCc1[nH]nc(C2CC2)c1CCC(=N)N. The van der Waals surface area contributed by atoms with Gasteiger partial charge in [-0.1, -0.05) is 6.92 Å². The Hall–Kier alpha value is -1.32. The summed E-state index contributed by atoms with van der Waals surface area (Å²) in [5, 5.41) is 14.8. The minimum atomic E-state index is 0.264. The monoisotopic (exact) mass is 206 g/mol. The molecule has 1 heterocycles. The van der Waals surface area contributed by atoms with Crippen LogP contribution in [0.5, 0.6) is 0 Å². The maximum Gasteiger partial charge on any atom is 0.0908 e. The summed E-state index contributed by atoms with van der Waals surface area (Å²) in [4.78, 5) is 0. The Morgan fingerprint density at radius 3 is 2.87 bits per heavy atom. The number of hydrogen-bond donors (Lipinski definition) is 3. The molecule has 1 fully saturated rings. The molecule has 0 spiro atoms. The second-order valence-corrected chi connectivity index (χ2v) is 4.22. The lowest BCUT2D eigenvalue weighted by molar-refractivity contribution is 0.929. The van der Waals surface area contributed by atoms with Gasteiger partial charge in [0.2, 0.25) is 0 Å². The minimum Gasteiger partial charge on any atom is -0.388 e. The van der Waals surface area contributed by atoms with Gasteiger partial charge in [-0.15, -0.1) is 0 Å². The topological polar surface area (TPSA) is 78.5 Å². The van der Waals surface area contributed by atoms with E-state index in [1.807, 2.05) is 0 Å². The van der Waals surface area contributed by atoms with Crippen LogP contribution in [0.4, 0.5) is 0 Å². The van der Waals surface area contributed by atoms with Crippen LogP contribution in [0.3, 0.4) is 0 Å². The van der Waals surface area contributed by atoms with Gasteiger partial charge in [-0.25, -0.2) is 0 Å². The molecular weight excluding hydrogens is 188 g/mol. The van der Waals surface area contributed by atoms with E-state index in [0.717, 1.165) is 12.8 Å². The number of aromatic amines is 1. The summed E-state index contributed by atoms with van der Waals surface area (Å²) < 4.78 is 0. The first-order chi connectivity index (χ1) is 7.22. The van der Waals surface area contributed by atoms with Gasteiger partial charge in [0.1, 0.15) is 0 Å². The Bertz CT molecular complexity index is 363. The van der Waals surface area contributed by atoms with Crippen molar-refractivity contribution >= 4 is 5.84 Å². The highest BCUT2D eigenvalue weighted by Gasteiger charge is 2.29. The Balaban J connectivity index is 2.16. The van der Waals surface area contributed by atoms with Gasteiger partial charge in [-0.2, -0.15) is 5.10 Å². The summed E-state index contributed by atoms with van der Waals surface area (Å²) in [6.07, 6.45) is 5.02. The van der Waals surface area contributed by atoms with Crippen molar-refractivity contribution in [3.63, 3.8) is 0 Å². The molecular formula is C11H18N4. The number of nitrogens with zero attached hydrogens (tertiary/aromatic N) is 1. The zero-order valence-corrected chi connectivity index (χ0v) is 9.14. The van der Waals surface area contributed by atoms with Gasteiger partial charge in [-0.05, 0) is 31.2 Å². The van der Waals surface area contributed by atoms with Crippen molar-refractivity contribution in [2.24, 2.45) is 5.73 Å². The highest BCUT2D eigenvalue weighted by atomic mass is 15.1. The fraction of sp³-hybridized carbons (Fsp3) is 0.636. The van der Waals surface area contributed by atoms with Crippen molar-refractivity contribution in [1.82, 2.24) is 10.2 Å². The maximum absolute atomic E-state index is 7.26. The number of H-pyrrole nitrogens is 1. The van der Waals surface area contributed by atoms with E-state index in [9.17, 15) is 0 Å². The van der Waals surface area contributed by atoms with E-state index in [1.165, 1.54) is 29.8 Å². The van der Waals surface area contributed by atoms with Crippen LogP contribution in [0.2, 0.25) is 0 Å². The normalized spacial score (nSPS) is 15.5. The number of rotatable bonds is 5. The second-order valence-electron chi connectivity index (χ2n) is 4.22. The fourth-order valence-electron chi connectivity index (χ4n) is 1.94. The predicted molar refractivity (Wildman–Crippen MR) is 60.2 cm³/mol. The van der Waals surface area contributed by atoms with E-state index in [-0.39, 0.29) is 5.84 Å².